The van der Waals surface area contributed by atoms with E-state index in [1.54, 1.807) is 6.07 Å². The molecule has 0 aliphatic carbocycles. The molecule has 118 valence electrons. The SMILES string of the molecule is CCN(CC)CCCN(CC)c1ccc(C(=O)O)cc1F. The van der Waals surface area contributed by atoms with Crippen molar-refractivity contribution < 1.29 is 14.3 Å². The summed E-state index contributed by atoms with van der Waals surface area (Å²) in [4.78, 5) is 15.1. The lowest BCUT2D eigenvalue weighted by atomic mass is 10.1. The maximum Gasteiger partial charge on any atom is 0.335 e. The van der Waals surface area contributed by atoms with Gasteiger partial charge in [0, 0.05) is 13.1 Å². The van der Waals surface area contributed by atoms with Crippen LogP contribution in [0.4, 0.5) is 10.1 Å². The molecular formula is C16H25FN2O2. The average Bonchev–Trinajstić information content (AvgIpc) is 2.48. The Morgan fingerprint density at radius 2 is 1.81 bits per heavy atom. The Morgan fingerprint density at radius 1 is 1.14 bits per heavy atom. The third kappa shape index (κ3) is 5.01. The molecule has 0 aromatic heterocycles. The Hall–Kier alpha value is -1.62. The van der Waals surface area contributed by atoms with Crippen LogP contribution in [-0.4, -0.2) is 48.7 Å². The molecule has 0 saturated heterocycles. The summed E-state index contributed by atoms with van der Waals surface area (Å²) in [7, 11) is 0. The fraction of sp³-hybridized carbons (Fsp3) is 0.562. The molecule has 0 spiro atoms. The zero-order chi connectivity index (χ0) is 15.8. The van der Waals surface area contributed by atoms with Crippen LogP contribution in [0, 0.1) is 5.82 Å². The van der Waals surface area contributed by atoms with E-state index in [0.29, 0.717) is 12.2 Å². The molecule has 0 amide bonds. The van der Waals surface area contributed by atoms with Gasteiger partial charge in [0.15, 0.2) is 0 Å². The number of anilines is 1. The summed E-state index contributed by atoms with van der Waals surface area (Å²) in [5.41, 5.74) is 0.456. The monoisotopic (exact) mass is 296 g/mol. The van der Waals surface area contributed by atoms with Crippen LogP contribution in [0.25, 0.3) is 0 Å². The van der Waals surface area contributed by atoms with Gasteiger partial charge in [0.25, 0.3) is 0 Å². The molecule has 0 radical (unpaired) electrons. The van der Waals surface area contributed by atoms with E-state index in [2.05, 4.69) is 18.7 Å². The van der Waals surface area contributed by atoms with Gasteiger partial charge >= 0.3 is 5.97 Å². The lowest BCUT2D eigenvalue weighted by Gasteiger charge is -2.25. The zero-order valence-electron chi connectivity index (χ0n) is 13.1. The van der Waals surface area contributed by atoms with Gasteiger partial charge in [-0.2, -0.15) is 0 Å². The summed E-state index contributed by atoms with van der Waals surface area (Å²) in [5, 5.41) is 8.87. The number of halogens is 1. The molecule has 0 heterocycles. The molecule has 1 aromatic rings. The van der Waals surface area contributed by atoms with Crippen molar-refractivity contribution in [3.05, 3.63) is 29.6 Å². The highest BCUT2D eigenvalue weighted by Crippen LogP contribution is 2.21. The molecule has 5 heteroatoms. The van der Waals surface area contributed by atoms with Crippen LogP contribution in [0.2, 0.25) is 0 Å². The summed E-state index contributed by atoms with van der Waals surface area (Å²) in [6, 6.07) is 4.10. The predicted octanol–water partition coefficient (Wildman–Crippen LogP) is 3.08. The lowest BCUT2D eigenvalue weighted by molar-refractivity contribution is 0.0696. The van der Waals surface area contributed by atoms with Gasteiger partial charge in [0.05, 0.1) is 11.3 Å². The summed E-state index contributed by atoms with van der Waals surface area (Å²) < 4.78 is 14.1. The van der Waals surface area contributed by atoms with Gasteiger partial charge in [-0.15, -0.1) is 0 Å². The maximum absolute atomic E-state index is 14.1. The number of aromatic carboxylic acids is 1. The van der Waals surface area contributed by atoms with Crippen LogP contribution < -0.4 is 4.90 Å². The number of carboxylic acids is 1. The number of carboxylic acid groups (broad SMARTS) is 1. The highest BCUT2D eigenvalue weighted by molar-refractivity contribution is 5.88. The van der Waals surface area contributed by atoms with E-state index in [9.17, 15) is 9.18 Å². The van der Waals surface area contributed by atoms with E-state index in [4.69, 9.17) is 5.11 Å². The molecule has 0 aliphatic heterocycles. The van der Waals surface area contributed by atoms with Crippen LogP contribution in [0.15, 0.2) is 18.2 Å². The first-order valence-electron chi connectivity index (χ1n) is 7.53. The molecule has 0 fully saturated rings. The van der Waals surface area contributed by atoms with E-state index in [1.807, 2.05) is 11.8 Å². The van der Waals surface area contributed by atoms with Gasteiger partial charge in [-0.25, -0.2) is 9.18 Å². The van der Waals surface area contributed by atoms with Crippen molar-refractivity contribution in [1.82, 2.24) is 4.90 Å². The van der Waals surface area contributed by atoms with Crippen LogP contribution in [0.5, 0.6) is 0 Å². The van der Waals surface area contributed by atoms with Crippen molar-refractivity contribution in [1.29, 1.82) is 0 Å². The molecule has 1 aromatic carbocycles. The van der Waals surface area contributed by atoms with Gasteiger partial charge in [-0.3, -0.25) is 0 Å². The standard InChI is InChI=1S/C16H25FN2O2/c1-4-18(5-2)10-7-11-19(6-3)15-9-8-13(16(20)21)12-14(15)17/h8-9,12H,4-7,10-11H2,1-3H3,(H,20,21). The predicted molar refractivity (Wildman–Crippen MR) is 83.7 cm³/mol. The summed E-state index contributed by atoms with van der Waals surface area (Å²) in [6.07, 6.45) is 0.954. The largest absolute Gasteiger partial charge is 0.478 e. The smallest absolute Gasteiger partial charge is 0.335 e. The molecule has 4 nitrogen and oxygen atoms in total. The lowest BCUT2D eigenvalue weighted by Crippen LogP contribution is -2.30. The van der Waals surface area contributed by atoms with Crippen molar-refractivity contribution in [2.45, 2.75) is 27.2 Å². The second kappa shape index (κ2) is 8.62. The van der Waals surface area contributed by atoms with E-state index in [-0.39, 0.29) is 5.56 Å². The van der Waals surface area contributed by atoms with Crippen LogP contribution >= 0.6 is 0 Å². The minimum absolute atomic E-state index is 0.0181. The Balaban J connectivity index is 2.69. The summed E-state index contributed by atoms with van der Waals surface area (Å²) in [6.45, 7) is 10.7. The Bertz CT molecular complexity index is 462. The Morgan fingerprint density at radius 3 is 2.29 bits per heavy atom. The van der Waals surface area contributed by atoms with Crippen LogP contribution in [0.3, 0.4) is 0 Å². The van der Waals surface area contributed by atoms with Crippen molar-refractivity contribution >= 4 is 11.7 Å². The number of rotatable bonds is 9. The fourth-order valence-electron chi connectivity index (χ4n) is 2.37. The molecular weight excluding hydrogens is 271 g/mol. The molecule has 0 saturated carbocycles. The molecule has 0 aliphatic rings. The minimum atomic E-state index is -1.11. The minimum Gasteiger partial charge on any atom is -0.478 e. The first-order valence-corrected chi connectivity index (χ1v) is 7.53. The number of hydrogen-bond acceptors (Lipinski definition) is 3. The number of hydrogen-bond donors (Lipinski definition) is 1. The number of carbonyl (C=O) groups is 1. The molecule has 21 heavy (non-hydrogen) atoms. The second-order valence-electron chi connectivity index (χ2n) is 4.93. The zero-order valence-corrected chi connectivity index (χ0v) is 13.1. The first kappa shape index (κ1) is 17.4. The van der Waals surface area contributed by atoms with E-state index in [1.165, 1.54) is 6.07 Å². The van der Waals surface area contributed by atoms with Gasteiger partial charge in [-0.05, 0) is 51.2 Å². The number of nitrogens with zero attached hydrogens (tertiary/aromatic N) is 2. The Labute approximate surface area is 126 Å². The highest BCUT2D eigenvalue weighted by atomic mass is 19.1. The summed E-state index contributed by atoms with van der Waals surface area (Å²) in [5.74, 6) is -1.58. The normalized spacial score (nSPS) is 10.9. The Kier molecular flexibility index (Phi) is 7.15. The first-order chi connectivity index (χ1) is 10.0. The van der Waals surface area contributed by atoms with E-state index >= 15 is 0 Å². The van der Waals surface area contributed by atoms with Crippen molar-refractivity contribution in [3.63, 3.8) is 0 Å². The highest BCUT2D eigenvalue weighted by Gasteiger charge is 2.13. The average molecular weight is 296 g/mol. The molecule has 1 N–H and O–H groups in total. The summed E-state index contributed by atoms with van der Waals surface area (Å²) >= 11 is 0. The van der Waals surface area contributed by atoms with Crippen LogP contribution in [-0.2, 0) is 0 Å². The third-order valence-corrected chi connectivity index (χ3v) is 3.71. The van der Waals surface area contributed by atoms with Crippen molar-refractivity contribution in [2.24, 2.45) is 0 Å². The van der Waals surface area contributed by atoms with E-state index in [0.717, 1.165) is 38.7 Å². The van der Waals surface area contributed by atoms with Crippen molar-refractivity contribution in [3.8, 4) is 0 Å². The maximum atomic E-state index is 14.1. The van der Waals surface area contributed by atoms with Gasteiger partial charge in [-0.1, -0.05) is 13.8 Å². The second-order valence-corrected chi connectivity index (χ2v) is 4.93. The fourth-order valence-corrected chi connectivity index (χ4v) is 2.37. The van der Waals surface area contributed by atoms with Gasteiger partial charge in [0.2, 0.25) is 0 Å². The molecule has 0 unspecified atom stereocenters. The number of benzene rings is 1. The molecule has 1 rings (SSSR count). The topological polar surface area (TPSA) is 43.8 Å². The van der Waals surface area contributed by atoms with Crippen LogP contribution in [0.1, 0.15) is 37.6 Å². The van der Waals surface area contributed by atoms with Gasteiger partial charge in [0.1, 0.15) is 5.82 Å². The van der Waals surface area contributed by atoms with E-state index < -0.39 is 11.8 Å². The third-order valence-electron chi connectivity index (χ3n) is 3.71. The molecule has 0 atom stereocenters. The van der Waals surface area contributed by atoms with Gasteiger partial charge < -0.3 is 14.9 Å². The molecule has 0 bridgehead atoms. The quantitative estimate of drug-likeness (QED) is 0.760. The van der Waals surface area contributed by atoms with Crippen molar-refractivity contribution in [2.75, 3.05) is 37.6 Å².